The highest BCUT2D eigenvalue weighted by molar-refractivity contribution is 7.99. The molecule has 0 fully saturated rings. The Morgan fingerprint density at radius 2 is 1.67 bits per heavy atom. The predicted octanol–water partition coefficient (Wildman–Crippen LogP) is 5.46. The molecule has 4 nitrogen and oxygen atoms in total. The number of benzene rings is 2. The second-order valence-corrected chi connectivity index (χ2v) is 10.1. The highest BCUT2D eigenvalue weighted by atomic mass is 35.5. The van der Waals surface area contributed by atoms with Gasteiger partial charge in [0.25, 0.3) is 0 Å². The first-order valence-electron chi connectivity index (χ1n) is 10.1. The van der Waals surface area contributed by atoms with Crippen molar-refractivity contribution in [1.29, 1.82) is 0 Å². The van der Waals surface area contributed by atoms with Crippen molar-refractivity contribution in [2.75, 3.05) is 5.75 Å². The van der Waals surface area contributed by atoms with E-state index in [4.69, 9.17) is 11.6 Å². The van der Waals surface area contributed by atoms with Crippen LogP contribution < -0.4 is 5.32 Å². The zero-order chi connectivity index (χ0) is 22.3. The second kappa shape index (κ2) is 10.9. The van der Waals surface area contributed by atoms with E-state index >= 15 is 0 Å². The van der Waals surface area contributed by atoms with Crippen LogP contribution in [0.2, 0.25) is 5.02 Å². The number of thioether (sulfide) groups is 1. The Morgan fingerprint density at radius 3 is 2.23 bits per heavy atom. The summed E-state index contributed by atoms with van der Waals surface area (Å²) in [6, 6.07) is 15.1. The van der Waals surface area contributed by atoms with E-state index in [1.807, 2.05) is 32.9 Å². The van der Waals surface area contributed by atoms with Gasteiger partial charge in [-0.1, -0.05) is 41.4 Å². The van der Waals surface area contributed by atoms with Crippen molar-refractivity contribution in [3.8, 4) is 0 Å². The van der Waals surface area contributed by atoms with Crippen LogP contribution in [0.3, 0.4) is 0 Å². The molecule has 162 valence electrons. The summed E-state index contributed by atoms with van der Waals surface area (Å²) >= 11 is 7.63. The van der Waals surface area contributed by atoms with Crippen molar-refractivity contribution < 1.29 is 9.59 Å². The molecule has 1 atom stereocenters. The second-order valence-electron chi connectivity index (χ2n) is 8.47. The number of carbonyl (C=O) groups excluding carboxylic acids is 2. The third-order valence-corrected chi connectivity index (χ3v) is 5.80. The summed E-state index contributed by atoms with van der Waals surface area (Å²) in [5.41, 5.74) is 1.79. The molecule has 0 spiro atoms. The Balaban J connectivity index is 2.08. The maximum atomic E-state index is 13.1. The molecule has 2 aromatic rings. The lowest BCUT2D eigenvalue weighted by Gasteiger charge is -2.31. The third kappa shape index (κ3) is 8.04. The fraction of sp³-hybridized carbons (Fsp3) is 0.417. The van der Waals surface area contributed by atoms with Crippen LogP contribution in [0.15, 0.2) is 53.4 Å². The Morgan fingerprint density at radius 1 is 1.07 bits per heavy atom. The molecule has 0 aliphatic carbocycles. The number of nitrogens with zero attached hydrogens (tertiary/aromatic N) is 1. The standard InChI is InChI=1S/C24H31ClN2O2S/c1-17-6-12-21(13-7-17)30-15-14-22(28)27(16-19-8-10-20(25)11-9-19)18(2)23(29)26-24(3,4)5/h6-13,18H,14-16H2,1-5H3,(H,26,29)/t18-/m1/s1. The molecule has 1 N–H and O–H groups in total. The molecule has 0 saturated carbocycles. The van der Waals surface area contributed by atoms with Crippen molar-refractivity contribution in [2.24, 2.45) is 0 Å². The van der Waals surface area contributed by atoms with E-state index in [9.17, 15) is 9.59 Å². The molecule has 2 aromatic carbocycles. The van der Waals surface area contributed by atoms with Gasteiger partial charge in [-0.3, -0.25) is 9.59 Å². The maximum absolute atomic E-state index is 13.1. The van der Waals surface area contributed by atoms with Gasteiger partial charge < -0.3 is 10.2 Å². The van der Waals surface area contributed by atoms with Gasteiger partial charge in [-0.25, -0.2) is 0 Å². The van der Waals surface area contributed by atoms with Crippen molar-refractivity contribution in [3.05, 3.63) is 64.7 Å². The SMILES string of the molecule is Cc1ccc(SCCC(=O)N(Cc2ccc(Cl)cc2)[C@H](C)C(=O)NC(C)(C)C)cc1. The van der Waals surface area contributed by atoms with Gasteiger partial charge in [0.2, 0.25) is 11.8 Å². The predicted molar refractivity (Wildman–Crippen MR) is 126 cm³/mol. The Bertz CT molecular complexity index is 845. The van der Waals surface area contributed by atoms with Crippen LogP contribution in [0.5, 0.6) is 0 Å². The topological polar surface area (TPSA) is 49.4 Å². The van der Waals surface area contributed by atoms with E-state index < -0.39 is 6.04 Å². The van der Waals surface area contributed by atoms with Crippen molar-refractivity contribution >= 4 is 35.2 Å². The summed E-state index contributed by atoms with van der Waals surface area (Å²) < 4.78 is 0. The van der Waals surface area contributed by atoms with Gasteiger partial charge in [0, 0.05) is 34.2 Å². The minimum atomic E-state index is -0.572. The summed E-state index contributed by atoms with van der Waals surface area (Å²) in [6.45, 7) is 9.99. The van der Waals surface area contributed by atoms with Crippen LogP contribution in [0.1, 0.15) is 45.2 Å². The van der Waals surface area contributed by atoms with Gasteiger partial charge in [0.15, 0.2) is 0 Å². The smallest absolute Gasteiger partial charge is 0.242 e. The molecule has 0 aromatic heterocycles. The molecule has 0 bridgehead atoms. The van der Waals surface area contributed by atoms with Crippen LogP contribution in [0.25, 0.3) is 0 Å². The summed E-state index contributed by atoms with van der Waals surface area (Å²) in [4.78, 5) is 28.6. The average Bonchev–Trinajstić information content (AvgIpc) is 2.67. The van der Waals surface area contributed by atoms with E-state index in [2.05, 4.69) is 36.5 Å². The largest absolute Gasteiger partial charge is 0.350 e. The Kier molecular flexibility index (Phi) is 8.80. The molecule has 6 heteroatoms. The lowest BCUT2D eigenvalue weighted by molar-refractivity contribution is -0.140. The number of hydrogen-bond donors (Lipinski definition) is 1. The number of hydrogen-bond acceptors (Lipinski definition) is 3. The molecule has 2 amide bonds. The molecule has 0 unspecified atom stereocenters. The van der Waals surface area contributed by atoms with Crippen LogP contribution in [-0.4, -0.2) is 34.0 Å². The lowest BCUT2D eigenvalue weighted by atomic mass is 10.1. The number of amides is 2. The summed E-state index contributed by atoms with van der Waals surface area (Å²) in [7, 11) is 0. The van der Waals surface area contributed by atoms with E-state index in [1.165, 1.54) is 5.56 Å². The number of carbonyl (C=O) groups is 2. The highest BCUT2D eigenvalue weighted by Crippen LogP contribution is 2.21. The first-order valence-corrected chi connectivity index (χ1v) is 11.5. The first-order chi connectivity index (χ1) is 14.0. The van der Waals surface area contributed by atoms with E-state index in [-0.39, 0.29) is 17.4 Å². The number of aryl methyl sites for hydroxylation is 1. The Labute approximate surface area is 189 Å². The summed E-state index contributed by atoms with van der Waals surface area (Å²) in [6.07, 6.45) is 0.360. The number of rotatable bonds is 8. The lowest BCUT2D eigenvalue weighted by Crippen LogP contribution is -2.52. The minimum absolute atomic E-state index is 0.0406. The van der Waals surface area contributed by atoms with Gasteiger partial charge in [-0.2, -0.15) is 0 Å². The number of halogens is 1. The molecule has 0 saturated heterocycles. The quantitative estimate of drug-likeness (QED) is 0.547. The zero-order valence-electron chi connectivity index (χ0n) is 18.4. The molecular formula is C24H31ClN2O2S. The van der Waals surface area contributed by atoms with E-state index in [1.54, 1.807) is 35.7 Å². The van der Waals surface area contributed by atoms with E-state index in [0.29, 0.717) is 23.7 Å². The molecule has 0 heterocycles. The Hall–Kier alpha value is -1.98. The van der Waals surface area contributed by atoms with Gasteiger partial charge in [-0.05, 0) is 64.4 Å². The van der Waals surface area contributed by atoms with Crippen LogP contribution in [0, 0.1) is 6.92 Å². The van der Waals surface area contributed by atoms with Gasteiger partial charge in [0.05, 0.1) is 0 Å². The molecule has 0 aliphatic heterocycles. The maximum Gasteiger partial charge on any atom is 0.242 e. The average molecular weight is 447 g/mol. The first kappa shape index (κ1) is 24.3. The van der Waals surface area contributed by atoms with Crippen LogP contribution in [0.4, 0.5) is 0 Å². The van der Waals surface area contributed by atoms with Crippen LogP contribution >= 0.6 is 23.4 Å². The van der Waals surface area contributed by atoms with E-state index in [0.717, 1.165) is 10.5 Å². The minimum Gasteiger partial charge on any atom is -0.350 e. The van der Waals surface area contributed by atoms with Gasteiger partial charge >= 0.3 is 0 Å². The molecule has 2 rings (SSSR count). The van der Waals surface area contributed by atoms with Crippen molar-refractivity contribution in [2.45, 2.75) is 64.1 Å². The fourth-order valence-electron chi connectivity index (χ4n) is 2.88. The summed E-state index contributed by atoms with van der Waals surface area (Å²) in [5, 5.41) is 3.62. The third-order valence-electron chi connectivity index (χ3n) is 4.54. The monoisotopic (exact) mass is 446 g/mol. The van der Waals surface area contributed by atoms with Crippen molar-refractivity contribution in [3.63, 3.8) is 0 Å². The van der Waals surface area contributed by atoms with Gasteiger partial charge in [-0.15, -0.1) is 11.8 Å². The highest BCUT2D eigenvalue weighted by Gasteiger charge is 2.28. The van der Waals surface area contributed by atoms with Crippen LogP contribution in [-0.2, 0) is 16.1 Å². The van der Waals surface area contributed by atoms with Crippen molar-refractivity contribution in [1.82, 2.24) is 10.2 Å². The molecule has 0 aliphatic rings. The number of nitrogens with one attached hydrogen (secondary N) is 1. The summed E-state index contributed by atoms with van der Waals surface area (Å²) in [5.74, 6) is 0.462. The van der Waals surface area contributed by atoms with Gasteiger partial charge in [0.1, 0.15) is 6.04 Å². The molecular weight excluding hydrogens is 416 g/mol. The molecule has 30 heavy (non-hydrogen) atoms. The zero-order valence-corrected chi connectivity index (χ0v) is 19.9. The fourth-order valence-corrected chi connectivity index (χ4v) is 3.84. The normalized spacial score (nSPS) is 12.3. The molecule has 0 radical (unpaired) electrons.